The molecule has 0 saturated carbocycles. The van der Waals surface area contributed by atoms with Crippen LogP contribution in [0, 0.1) is 13.8 Å². The second-order valence-electron chi connectivity index (χ2n) is 6.70. The van der Waals surface area contributed by atoms with E-state index >= 15 is 0 Å². The summed E-state index contributed by atoms with van der Waals surface area (Å²) in [6.45, 7) is 7.90. The lowest BCUT2D eigenvalue weighted by Gasteiger charge is -2.41. The van der Waals surface area contributed by atoms with Crippen LogP contribution in [-0.4, -0.2) is 24.7 Å². The Bertz CT molecular complexity index is 454. The number of aryl methyl sites for hydroxylation is 2. The lowest BCUT2D eigenvalue weighted by Crippen LogP contribution is -2.49. The topological polar surface area (TPSA) is 15.3 Å². The third-order valence-electron chi connectivity index (χ3n) is 5.06. The molecule has 2 saturated heterocycles. The fourth-order valence-corrected chi connectivity index (χ4v) is 4.08. The van der Waals surface area contributed by atoms with Crippen LogP contribution in [0.5, 0.6) is 0 Å². The lowest BCUT2D eigenvalue weighted by atomic mass is 9.95. The number of anilines is 1. The SMILES string of the molecule is CCCNC1CC2CCC(C1)N2c1cc(C)ccc1C. The van der Waals surface area contributed by atoms with Gasteiger partial charge < -0.3 is 10.2 Å². The largest absolute Gasteiger partial charge is 0.365 e. The molecule has 0 amide bonds. The van der Waals surface area contributed by atoms with E-state index in [4.69, 9.17) is 0 Å². The van der Waals surface area contributed by atoms with Crippen LogP contribution >= 0.6 is 0 Å². The monoisotopic (exact) mass is 272 g/mol. The van der Waals surface area contributed by atoms with Crippen molar-refractivity contribution in [3.05, 3.63) is 29.3 Å². The fourth-order valence-electron chi connectivity index (χ4n) is 4.08. The molecule has 2 aliphatic rings. The summed E-state index contributed by atoms with van der Waals surface area (Å²) in [7, 11) is 0. The van der Waals surface area contributed by atoms with E-state index in [9.17, 15) is 0 Å². The Morgan fingerprint density at radius 1 is 1.15 bits per heavy atom. The maximum Gasteiger partial charge on any atom is 0.0403 e. The molecule has 2 atom stereocenters. The number of rotatable bonds is 4. The van der Waals surface area contributed by atoms with Crippen molar-refractivity contribution in [1.29, 1.82) is 0 Å². The maximum atomic E-state index is 3.74. The fraction of sp³-hybridized carbons (Fsp3) is 0.667. The zero-order valence-electron chi connectivity index (χ0n) is 13.2. The second kappa shape index (κ2) is 5.77. The van der Waals surface area contributed by atoms with Crippen molar-refractivity contribution < 1.29 is 0 Å². The van der Waals surface area contributed by atoms with Gasteiger partial charge in [-0.1, -0.05) is 19.1 Å². The van der Waals surface area contributed by atoms with Gasteiger partial charge in [0.15, 0.2) is 0 Å². The molecule has 2 unspecified atom stereocenters. The molecule has 2 aliphatic heterocycles. The van der Waals surface area contributed by atoms with Gasteiger partial charge in [-0.25, -0.2) is 0 Å². The Labute approximate surface area is 123 Å². The van der Waals surface area contributed by atoms with Gasteiger partial charge in [0.25, 0.3) is 0 Å². The van der Waals surface area contributed by atoms with Gasteiger partial charge in [0, 0.05) is 23.8 Å². The molecule has 0 radical (unpaired) electrons. The maximum absolute atomic E-state index is 3.74. The third-order valence-corrected chi connectivity index (χ3v) is 5.06. The van der Waals surface area contributed by atoms with E-state index in [1.54, 1.807) is 0 Å². The van der Waals surface area contributed by atoms with Crippen molar-refractivity contribution in [3.63, 3.8) is 0 Å². The number of fused-ring (bicyclic) bond motifs is 2. The Morgan fingerprint density at radius 2 is 1.85 bits per heavy atom. The van der Waals surface area contributed by atoms with Crippen LogP contribution in [0.2, 0.25) is 0 Å². The van der Waals surface area contributed by atoms with E-state index in [0.29, 0.717) is 0 Å². The van der Waals surface area contributed by atoms with Crippen molar-refractivity contribution in [2.24, 2.45) is 0 Å². The van der Waals surface area contributed by atoms with Gasteiger partial charge in [0.05, 0.1) is 0 Å². The first-order valence-corrected chi connectivity index (χ1v) is 8.28. The first-order chi connectivity index (χ1) is 9.69. The Balaban J connectivity index is 1.78. The Hall–Kier alpha value is -1.02. The van der Waals surface area contributed by atoms with Gasteiger partial charge in [-0.3, -0.25) is 0 Å². The van der Waals surface area contributed by atoms with Crippen molar-refractivity contribution >= 4 is 5.69 Å². The smallest absolute Gasteiger partial charge is 0.0403 e. The van der Waals surface area contributed by atoms with Crippen molar-refractivity contribution in [2.45, 2.75) is 71.0 Å². The lowest BCUT2D eigenvalue weighted by molar-refractivity contribution is 0.356. The molecule has 1 N–H and O–H groups in total. The van der Waals surface area contributed by atoms with E-state index in [2.05, 4.69) is 49.2 Å². The Morgan fingerprint density at radius 3 is 2.50 bits per heavy atom. The molecule has 0 aromatic heterocycles. The molecular weight excluding hydrogens is 244 g/mol. The number of benzene rings is 1. The van der Waals surface area contributed by atoms with Gasteiger partial charge in [-0.15, -0.1) is 0 Å². The van der Waals surface area contributed by atoms with E-state index in [1.807, 2.05) is 0 Å². The van der Waals surface area contributed by atoms with Gasteiger partial charge in [0.1, 0.15) is 0 Å². The van der Waals surface area contributed by atoms with Crippen LogP contribution in [0.1, 0.15) is 50.2 Å². The average molecular weight is 272 g/mol. The highest BCUT2D eigenvalue weighted by Gasteiger charge is 2.40. The summed E-state index contributed by atoms with van der Waals surface area (Å²) < 4.78 is 0. The summed E-state index contributed by atoms with van der Waals surface area (Å²) in [4.78, 5) is 2.74. The van der Waals surface area contributed by atoms with Gasteiger partial charge in [-0.2, -0.15) is 0 Å². The quantitative estimate of drug-likeness (QED) is 0.897. The predicted molar refractivity (Wildman–Crippen MR) is 86.5 cm³/mol. The zero-order chi connectivity index (χ0) is 14.1. The molecule has 2 fully saturated rings. The molecule has 1 aromatic rings. The number of hydrogen-bond donors (Lipinski definition) is 1. The Kier molecular flexibility index (Phi) is 4.02. The molecule has 2 bridgehead atoms. The number of nitrogens with zero attached hydrogens (tertiary/aromatic N) is 1. The molecular formula is C18H28N2. The van der Waals surface area contributed by atoms with E-state index in [-0.39, 0.29) is 0 Å². The van der Waals surface area contributed by atoms with Crippen LogP contribution < -0.4 is 10.2 Å². The molecule has 0 aliphatic carbocycles. The summed E-state index contributed by atoms with van der Waals surface area (Å²) in [6.07, 6.45) is 6.64. The highest BCUT2D eigenvalue weighted by atomic mass is 15.2. The van der Waals surface area contributed by atoms with Crippen molar-refractivity contribution in [3.8, 4) is 0 Å². The van der Waals surface area contributed by atoms with Gasteiger partial charge >= 0.3 is 0 Å². The molecule has 3 rings (SSSR count). The average Bonchev–Trinajstić information content (AvgIpc) is 2.70. The molecule has 20 heavy (non-hydrogen) atoms. The molecule has 2 nitrogen and oxygen atoms in total. The van der Waals surface area contributed by atoms with E-state index < -0.39 is 0 Å². The summed E-state index contributed by atoms with van der Waals surface area (Å²) in [6, 6.07) is 9.16. The third kappa shape index (κ3) is 2.58. The second-order valence-corrected chi connectivity index (χ2v) is 6.70. The first kappa shape index (κ1) is 13.9. The number of piperidine rings is 1. The first-order valence-electron chi connectivity index (χ1n) is 8.28. The minimum absolute atomic E-state index is 0.744. The molecule has 1 aromatic carbocycles. The summed E-state index contributed by atoms with van der Waals surface area (Å²) in [5, 5.41) is 3.74. The molecule has 0 spiro atoms. The standard InChI is InChI=1S/C18H28N2/c1-4-9-19-15-11-16-7-8-17(12-15)20(16)18-10-13(2)5-6-14(18)3/h5-6,10,15-17,19H,4,7-9,11-12H2,1-3H3. The molecule has 2 heterocycles. The number of nitrogens with one attached hydrogen (secondary N) is 1. The summed E-state index contributed by atoms with van der Waals surface area (Å²) in [5.41, 5.74) is 4.31. The van der Waals surface area contributed by atoms with Crippen LogP contribution in [-0.2, 0) is 0 Å². The zero-order valence-corrected chi connectivity index (χ0v) is 13.2. The van der Waals surface area contributed by atoms with E-state index in [0.717, 1.165) is 18.1 Å². The summed E-state index contributed by atoms with van der Waals surface area (Å²) in [5.74, 6) is 0. The van der Waals surface area contributed by atoms with Crippen molar-refractivity contribution in [1.82, 2.24) is 5.32 Å². The van der Waals surface area contributed by atoms with Gasteiger partial charge in [-0.05, 0) is 69.7 Å². The summed E-state index contributed by atoms with van der Waals surface area (Å²) >= 11 is 0. The minimum atomic E-state index is 0.744. The van der Waals surface area contributed by atoms with Crippen LogP contribution in [0.3, 0.4) is 0 Å². The van der Waals surface area contributed by atoms with Crippen LogP contribution in [0.25, 0.3) is 0 Å². The van der Waals surface area contributed by atoms with E-state index in [1.165, 1.54) is 55.5 Å². The number of hydrogen-bond acceptors (Lipinski definition) is 2. The van der Waals surface area contributed by atoms with Crippen molar-refractivity contribution in [2.75, 3.05) is 11.4 Å². The van der Waals surface area contributed by atoms with Crippen LogP contribution in [0.4, 0.5) is 5.69 Å². The molecule has 110 valence electrons. The van der Waals surface area contributed by atoms with Gasteiger partial charge in [0.2, 0.25) is 0 Å². The predicted octanol–water partition coefficient (Wildman–Crippen LogP) is 3.80. The van der Waals surface area contributed by atoms with Crippen LogP contribution in [0.15, 0.2) is 18.2 Å². The highest BCUT2D eigenvalue weighted by molar-refractivity contribution is 5.57. The normalized spacial score (nSPS) is 28.9. The molecule has 2 heteroatoms. The highest BCUT2D eigenvalue weighted by Crippen LogP contribution is 2.40. The minimum Gasteiger partial charge on any atom is -0.365 e.